The van der Waals surface area contributed by atoms with Crippen LogP contribution < -0.4 is 25.4 Å². The van der Waals surface area contributed by atoms with Crippen LogP contribution in [-0.4, -0.2) is 90.9 Å². The molecule has 0 unspecified atom stereocenters. The van der Waals surface area contributed by atoms with Gasteiger partial charge in [-0.2, -0.15) is 55.5 Å². The van der Waals surface area contributed by atoms with Crippen molar-refractivity contribution in [2.75, 3.05) is 47.7 Å². The monoisotopic (exact) mass is 922 g/mol. The van der Waals surface area contributed by atoms with Crippen molar-refractivity contribution in [1.29, 1.82) is 0 Å². The molecule has 24 nitrogen and oxygen atoms in total. The van der Waals surface area contributed by atoms with Gasteiger partial charge in [-0.3, -0.25) is 13.7 Å². The van der Waals surface area contributed by atoms with Gasteiger partial charge in [0.1, 0.15) is 17.2 Å². The predicted molar refractivity (Wildman–Crippen MR) is 219 cm³/mol. The highest BCUT2D eigenvalue weighted by atomic mass is 32.2. The zero-order chi connectivity index (χ0) is 44.0. The molecule has 0 atom stereocenters. The number of rotatable bonds is 22. The van der Waals surface area contributed by atoms with Crippen LogP contribution >= 0.6 is 12.0 Å². The van der Waals surface area contributed by atoms with Gasteiger partial charge in [-0.15, -0.1) is 9.45 Å². The molecule has 0 radical (unpaired) electrons. The first-order valence-corrected chi connectivity index (χ1v) is 22.4. The van der Waals surface area contributed by atoms with Crippen LogP contribution in [-0.2, 0) is 39.7 Å². The second-order valence-electron chi connectivity index (χ2n) is 11.9. The molecule has 0 saturated heterocycles. The first-order chi connectivity index (χ1) is 29.0. The van der Waals surface area contributed by atoms with Gasteiger partial charge >= 0.3 is 0 Å². The van der Waals surface area contributed by atoms with E-state index in [-0.39, 0.29) is 76.6 Å². The van der Waals surface area contributed by atoms with Gasteiger partial charge in [-0.25, -0.2) is 5.26 Å². The minimum absolute atomic E-state index is 0.0808. The maximum Gasteiger partial charge on any atom is 0.294 e. The number of aromatic nitrogens is 3. The molecule has 5 rings (SSSR count). The topological polar surface area (TPSA) is 344 Å². The highest BCUT2D eigenvalue weighted by Gasteiger charge is 2.15. The standard InChI is InChI=1S/C33H34N10O14S4/c1-54-29-19-21(9-12-28(29)43-42-23-6-3-8-26(18-23)61(51,52)53)35-32-37-31(34-13-16-60(48,49)50)38-33(39-32)36-27-11-10-24(20-30(27)55-14-4-15-59(45,46)47)41-40-22-5-2-7-25(17-22)58-57-56-44/h2-3,5-12,17-20,44H,4,13-16H2,1H3,(H,45,46,47)(H,48,49,50)(H,51,52,53)(H3,34,35,36,37,38,39). The predicted octanol–water partition coefficient (Wildman–Crippen LogP) is 6.83. The summed E-state index contributed by atoms with van der Waals surface area (Å²) in [6.07, 6.45) is -0.0827. The summed E-state index contributed by atoms with van der Waals surface area (Å²) in [7, 11) is -11.7. The fraction of sp³-hybridized carbons (Fsp3) is 0.182. The average Bonchev–Trinajstić information content (AvgIpc) is 3.20. The molecule has 0 aliphatic carbocycles. The zero-order valence-corrected chi connectivity index (χ0v) is 34.5. The average molecular weight is 923 g/mol. The van der Waals surface area contributed by atoms with Gasteiger partial charge in [0.25, 0.3) is 30.4 Å². The second kappa shape index (κ2) is 21.0. The van der Waals surface area contributed by atoms with Crippen LogP contribution in [0.15, 0.2) is 115 Å². The second-order valence-corrected chi connectivity index (χ2v) is 17.3. The van der Waals surface area contributed by atoms with E-state index in [2.05, 4.69) is 60.7 Å². The van der Waals surface area contributed by atoms with Gasteiger partial charge in [0, 0.05) is 29.3 Å². The van der Waals surface area contributed by atoms with Gasteiger partial charge in [-0.05, 0) is 67.1 Å². The largest absolute Gasteiger partial charge is 0.494 e. The summed E-state index contributed by atoms with van der Waals surface area (Å²) in [5.74, 6) is -1.24. The smallest absolute Gasteiger partial charge is 0.294 e. The Bertz CT molecular complexity index is 2730. The quantitative estimate of drug-likeness (QED) is 0.00933. The number of ether oxygens (including phenoxy) is 2. The molecule has 0 aliphatic rings. The Balaban J connectivity index is 1.43. The van der Waals surface area contributed by atoms with E-state index in [1.54, 1.807) is 36.4 Å². The van der Waals surface area contributed by atoms with Crippen molar-refractivity contribution in [2.45, 2.75) is 16.2 Å². The van der Waals surface area contributed by atoms with Crippen molar-refractivity contribution < 1.29 is 63.0 Å². The number of hydrogen-bond donors (Lipinski definition) is 7. The third-order valence-corrected chi connectivity index (χ3v) is 10.3. The van der Waals surface area contributed by atoms with Crippen LogP contribution in [0.5, 0.6) is 11.5 Å². The Morgan fingerprint density at radius 3 is 2.03 bits per heavy atom. The summed E-state index contributed by atoms with van der Waals surface area (Å²) in [4.78, 5) is 13.2. The highest BCUT2D eigenvalue weighted by molar-refractivity contribution is 7.94. The van der Waals surface area contributed by atoms with E-state index in [1.165, 1.54) is 49.6 Å². The van der Waals surface area contributed by atoms with Crippen LogP contribution in [0.4, 0.5) is 52.0 Å². The fourth-order valence-corrected chi connectivity index (χ4v) is 6.53. The molecule has 28 heteroatoms. The zero-order valence-electron chi connectivity index (χ0n) is 31.3. The summed E-state index contributed by atoms with van der Waals surface area (Å²) in [5.41, 5.74) is 1.67. The first kappa shape index (κ1) is 46.1. The Kier molecular flexibility index (Phi) is 15.9. The molecule has 61 heavy (non-hydrogen) atoms. The summed E-state index contributed by atoms with van der Waals surface area (Å²) in [6.45, 7) is -0.462. The Morgan fingerprint density at radius 2 is 1.34 bits per heavy atom. The van der Waals surface area contributed by atoms with Crippen LogP contribution in [0.3, 0.4) is 0 Å². The molecule has 0 fully saturated rings. The number of anilines is 5. The van der Waals surface area contributed by atoms with Crippen LogP contribution in [0.1, 0.15) is 6.42 Å². The summed E-state index contributed by atoms with van der Waals surface area (Å²) >= 11 is 0.727. The summed E-state index contributed by atoms with van der Waals surface area (Å²) < 4.78 is 112. The third kappa shape index (κ3) is 15.5. The minimum Gasteiger partial charge on any atom is -0.494 e. The van der Waals surface area contributed by atoms with Crippen LogP contribution in [0.2, 0.25) is 0 Å². The number of methoxy groups -OCH3 is 1. The van der Waals surface area contributed by atoms with Gasteiger partial charge < -0.3 is 25.4 Å². The first-order valence-electron chi connectivity index (χ1n) is 17.0. The summed E-state index contributed by atoms with van der Waals surface area (Å²) in [5, 5.41) is 37.3. The van der Waals surface area contributed by atoms with Crippen molar-refractivity contribution in [1.82, 2.24) is 15.0 Å². The van der Waals surface area contributed by atoms with Crippen molar-refractivity contribution in [2.24, 2.45) is 20.5 Å². The number of benzene rings is 4. The minimum atomic E-state index is -4.47. The number of nitrogens with zero attached hydrogens (tertiary/aromatic N) is 7. The lowest BCUT2D eigenvalue weighted by atomic mass is 10.2. The van der Waals surface area contributed by atoms with Crippen molar-refractivity contribution >= 4 is 94.4 Å². The lowest BCUT2D eigenvalue weighted by molar-refractivity contribution is -0.432. The van der Waals surface area contributed by atoms with Crippen LogP contribution in [0.25, 0.3) is 0 Å². The van der Waals surface area contributed by atoms with E-state index in [0.717, 1.165) is 18.1 Å². The highest BCUT2D eigenvalue weighted by Crippen LogP contribution is 2.35. The number of hydrogen-bond acceptors (Lipinski definition) is 22. The van der Waals surface area contributed by atoms with E-state index in [0.29, 0.717) is 16.3 Å². The SMILES string of the molecule is COc1cc(Nc2nc(NCCS(=O)(=O)O)nc(Nc3ccc(N=Nc4cccc(SOOO)c4)cc3OCCCS(=O)(=O)O)n2)ccc1N=Nc1cccc(S(=O)(=O)O)c1. The van der Waals surface area contributed by atoms with Gasteiger partial charge in [0.15, 0.2) is 0 Å². The maximum absolute atomic E-state index is 11.5. The Morgan fingerprint density at radius 1 is 0.689 bits per heavy atom. The molecule has 4 aromatic carbocycles. The maximum atomic E-state index is 11.5. The lowest BCUT2D eigenvalue weighted by Crippen LogP contribution is -2.17. The van der Waals surface area contributed by atoms with E-state index < -0.39 is 41.9 Å². The third-order valence-electron chi connectivity index (χ3n) is 7.38. The molecular weight excluding hydrogens is 889 g/mol. The lowest BCUT2D eigenvalue weighted by Gasteiger charge is -2.15. The number of azo groups is 2. The van der Waals surface area contributed by atoms with Gasteiger partial charge in [-0.1, -0.05) is 17.2 Å². The Labute approximate surface area is 351 Å². The van der Waals surface area contributed by atoms with Crippen molar-refractivity contribution in [3.8, 4) is 11.5 Å². The molecule has 7 N–H and O–H groups in total. The Hall–Kier alpha value is -5.95. The van der Waals surface area contributed by atoms with Crippen molar-refractivity contribution in [3.05, 3.63) is 84.9 Å². The molecule has 0 amide bonds. The molecule has 0 spiro atoms. The van der Waals surface area contributed by atoms with E-state index >= 15 is 0 Å². The molecule has 0 saturated carbocycles. The van der Waals surface area contributed by atoms with E-state index in [4.69, 9.17) is 14.7 Å². The van der Waals surface area contributed by atoms with Crippen LogP contribution in [0, 0.1) is 0 Å². The molecule has 1 aromatic heterocycles. The van der Waals surface area contributed by atoms with Gasteiger partial charge in [0.05, 0.1) is 64.9 Å². The summed E-state index contributed by atoms with van der Waals surface area (Å²) in [6, 6.07) is 20.9. The number of nitrogens with one attached hydrogen (secondary N) is 3. The normalized spacial score (nSPS) is 12.1. The molecule has 0 aliphatic heterocycles. The molecule has 324 valence electrons. The molecule has 1 heterocycles. The molecular formula is C33H34N10O14S4. The fourth-order valence-electron chi connectivity index (χ4n) is 4.75. The molecule has 5 aromatic rings. The van der Waals surface area contributed by atoms with E-state index in [9.17, 15) is 38.9 Å². The van der Waals surface area contributed by atoms with Crippen molar-refractivity contribution in [3.63, 3.8) is 0 Å². The van der Waals surface area contributed by atoms with Gasteiger partial charge in [0.2, 0.25) is 17.8 Å². The molecule has 0 bridgehead atoms. The van der Waals surface area contributed by atoms with E-state index in [1.807, 2.05) is 0 Å².